The third kappa shape index (κ3) is 5.33. The molecule has 42 heavy (non-hydrogen) atoms. The average molecular weight is 652 g/mol. The SMILES string of the molecule is CCOC(=O)C1=C(c2ccccc2)N=c2s/c(=C\c3cc(Br)cc(OC)c3O)c(=O)n2[C@@H]1c1ccc(OC)c(OC)c1. The number of methoxy groups -OCH3 is 3. The van der Waals surface area contributed by atoms with Gasteiger partial charge >= 0.3 is 5.97 Å². The smallest absolute Gasteiger partial charge is 0.338 e. The van der Waals surface area contributed by atoms with Gasteiger partial charge in [0.2, 0.25) is 0 Å². The fourth-order valence-corrected chi connectivity index (χ4v) is 6.23. The Labute approximate surface area is 253 Å². The van der Waals surface area contributed by atoms with E-state index in [2.05, 4.69) is 15.9 Å². The molecule has 0 spiro atoms. The van der Waals surface area contributed by atoms with Crippen molar-refractivity contribution in [1.82, 2.24) is 4.57 Å². The molecule has 0 saturated heterocycles. The number of nitrogens with zero attached hydrogens (tertiary/aromatic N) is 2. The van der Waals surface area contributed by atoms with E-state index in [0.29, 0.717) is 47.7 Å². The second-order valence-electron chi connectivity index (χ2n) is 9.09. The number of thiazole rings is 1. The van der Waals surface area contributed by atoms with Crippen LogP contribution in [-0.2, 0) is 9.53 Å². The van der Waals surface area contributed by atoms with Crippen LogP contribution in [0.15, 0.2) is 80.5 Å². The highest BCUT2D eigenvalue weighted by Crippen LogP contribution is 2.39. The number of phenols is 1. The minimum Gasteiger partial charge on any atom is -0.504 e. The van der Waals surface area contributed by atoms with Crippen LogP contribution in [0.25, 0.3) is 11.8 Å². The molecule has 1 atom stereocenters. The van der Waals surface area contributed by atoms with Crippen molar-refractivity contribution in [1.29, 1.82) is 0 Å². The first-order valence-electron chi connectivity index (χ1n) is 12.9. The fraction of sp³-hybridized carbons (Fsp3) is 0.194. The molecule has 1 N–H and O–H groups in total. The molecule has 0 aliphatic carbocycles. The number of esters is 1. The summed E-state index contributed by atoms with van der Waals surface area (Å²) in [5.74, 6) is 0.480. The van der Waals surface area contributed by atoms with Crippen molar-refractivity contribution in [3.63, 3.8) is 0 Å². The van der Waals surface area contributed by atoms with Crippen molar-refractivity contribution in [2.45, 2.75) is 13.0 Å². The topological polar surface area (TPSA) is 109 Å². The first kappa shape index (κ1) is 29.2. The number of halogens is 1. The zero-order chi connectivity index (χ0) is 30.0. The van der Waals surface area contributed by atoms with Gasteiger partial charge in [-0.15, -0.1) is 0 Å². The number of fused-ring (bicyclic) bond motifs is 1. The lowest BCUT2D eigenvalue weighted by Gasteiger charge is -2.26. The molecule has 11 heteroatoms. The van der Waals surface area contributed by atoms with E-state index in [0.717, 1.165) is 11.3 Å². The number of ether oxygens (including phenoxy) is 4. The Morgan fingerprint density at radius 3 is 2.40 bits per heavy atom. The lowest BCUT2D eigenvalue weighted by Crippen LogP contribution is -2.40. The molecule has 5 rings (SSSR count). The number of hydrogen-bond acceptors (Lipinski definition) is 9. The van der Waals surface area contributed by atoms with Crippen LogP contribution in [-0.4, -0.2) is 43.6 Å². The van der Waals surface area contributed by atoms with Crippen molar-refractivity contribution < 1.29 is 28.8 Å². The van der Waals surface area contributed by atoms with Gasteiger partial charge in [-0.05, 0) is 42.8 Å². The Kier molecular flexibility index (Phi) is 8.51. The summed E-state index contributed by atoms with van der Waals surface area (Å²) in [6.07, 6.45) is 1.58. The van der Waals surface area contributed by atoms with Crippen molar-refractivity contribution >= 4 is 45.0 Å². The molecule has 1 aliphatic rings. The van der Waals surface area contributed by atoms with E-state index in [-0.39, 0.29) is 23.7 Å². The monoisotopic (exact) mass is 650 g/mol. The quantitative estimate of drug-likeness (QED) is 0.281. The van der Waals surface area contributed by atoms with Crippen LogP contribution in [0.3, 0.4) is 0 Å². The summed E-state index contributed by atoms with van der Waals surface area (Å²) in [5, 5.41) is 10.8. The molecule has 0 amide bonds. The molecule has 1 aromatic heterocycles. The van der Waals surface area contributed by atoms with E-state index in [1.165, 1.54) is 25.9 Å². The van der Waals surface area contributed by atoms with Gasteiger partial charge in [0.25, 0.3) is 5.56 Å². The summed E-state index contributed by atoms with van der Waals surface area (Å²) in [5.41, 5.74) is 1.87. The second-order valence-corrected chi connectivity index (χ2v) is 11.0. The Morgan fingerprint density at radius 1 is 1.02 bits per heavy atom. The van der Waals surface area contributed by atoms with E-state index in [4.69, 9.17) is 23.9 Å². The predicted octanol–water partition coefficient (Wildman–Crippen LogP) is 4.43. The largest absolute Gasteiger partial charge is 0.504 e. The van der Waals surface area contributed by atoms with E-state index in [9.17, 15) is 14.7 Å². The number of carbonyl (C=O) groups is 1. The van der Waals surface area contributed by atoms with E-state index < -0.39 is 17.6 Å². The van der Waals surface area contributed by atoms with Crippen molar-refractivity contribution in [3.05, 3.63) is 107 Å². The number of aromatic nitrogens is 1. The number of aromatic hydroxyl groups is 1. The van der Waals surface area contributed by atoms with Gasteiger partial charge in [-0.2, -0.15) is 0 Å². The van der Waals surface area contributed by atoms with E-state index in [1.54, 1.807) is 43.3 Å². The first-order chi connectivity index (χ1) is 20.3. The lowest BCUT2D eigenvalue weighted by molar-refractivity contribution is -0.138. The molecule has 3 aromatic carbocycles. The van der Waals surface area contributed by atoms with Crippen molar-refractivity contribution in [2.24, 2.45) is 4.99 Å². The van der Waals surface area contributed by atoms with Crippen LogP contribution in [0.5, 0.6) is 23.0 Å². The molecular formula is C31H27BrN2O7S. The van der Waals surface area contributed by atoms with Crippen LogP contribution < -0.4 is 29.1 Å². The molecule has 4 aromatic rings. The molecule has 9 nitrogen and oxygen atoms in total. The minimum atomic E-state index is -0.900. The Morgan fingerprint density at radius 2 is 1.74 bits per heavy atom. The third-order valence-electron chi connectivity index (χ3n) is 6.67. The summed E-state index contributed by atoms with van der Waals surface area (Å²) in [4.78, 5) is 33.0. The van der Waals surface area contributed by atoms with E-state index in [1.807, 2.05) is 30.3 Å². The zero-order valence-corrected chi connectivity index (χ0v) is 25.6. The molecule has 2 heterocycles. The maximum absolute atomic E-state index is 14.1. The average Bonchev–Trinajstić information content (AvgIpc) is 3.32. The molecular weight excluding hydrogens is 624 g/mol. The molecule has 216 valence electrons. The first-order valence-corrected chi connectivity index (χ1v) is 14.5. The van der Waals surface area contributed by atoms with Gasteiger partial charge in [0.1, 0.15) is 0 Å². The minimum absolute atomic E-state index is 0.111. The summed E-state index contributed by atoms with van der Waals surface area (Å²) in [6, 6.07) is 16.9. The molecule has 0 bridgehead atoms. The highest BCUT2D eigenvalue weighted by Gasteiger charge is 2.35. The number of hydrogen-bond donors (Lipinski definition) is 1. The van der Waals surface area contributed by atoms with Crippen LogP contribution in [0, 0.1) is 0 Å². The highest BCUT2D eigenvalue weighted by molar-refractivity contribution is 9.10. The Balaban J connectivity index is 1.86. The standard InChI is InChI=1S/C31H27BrN2O7S/c1-5-41-30(37)25-26(17-9-7-6-8-10-17)33-31-34(27(25)18-11-12-21(38-2)22(14-18)39-3)29(36)24(42-31)15-19-13-20(32)16-23(40-4)28(19)35/h6-16,27,35H,5H2,1-4H3/b24-15-/t27-/m1/s1. The lowest BCUT2D eigenvalue weighted by atomic mass is 9.93. The number of phenolic OH excluding ortho intramolecular Hbond substituents is 1. The van der Waals surface area contributed by atoms with Crippen LogP contribution in [0.2, 0.25) is 0 Å². The molecule has 1 aliphatic heterocycles. The Bertz CT molecular complexity index is 1880. The van der Waals surface area contributed by atoms with E-state index >= 15 is 0 Å². The van der Waals surface area contributed by atoms with Crippen LogP contribution in [0.1, 0.15) is 29.7 Å². The summed E-state index contributed by atoms with van der Waals surface area (Å²) in [7, 11) is 4.50. The van der Waals surface area contributed by atoms with Crippen LogP contribution in [0.4, 0.5) is 0 Å². The summed E-state index contributed by atoms with van der Waals surface area (Å²) >= 11 is 4.57. The number of carbonyl (C=O) groups excluding carboxylic acids is 1. The van der Waals surface area contributed by atoms with Crippen LogP contribution >= 0.6 is 27.3 Å². The maximum Gasteiger partial charge on any atom is 0.338 e. The van der Waals surface area contributed by atoms with Gasteiger partial charge in [-0.25, -0.2) is 9.79 Å². The number of benzene rings is 3. The summed E-state index contributed by atoms with van der Waals surface area (Å²) < 4.78 is 24.2. The van der Waals surface area contributed by atoms with Gasteiger partial charge < -0.3 is 24.1 Å². The maximum atomic E-state index is 14.1. The van der Waals surface area contributed by atoms with Crippen molar-refractivity contribution in [3.8, 4) is 23.0 Å². The normalized spacial score (nSPS) is 14.7. The third-order valence-corrected chi connectivity index (χ3v) is 8.11. The molecule has 0 unspecified atom stereocenters. The fourth-order valence-electron chi connectivity index (χ4n) is 4.78. The molecule has 0 fully saturated rings. The second kappa shape index (κ2) is 12.3. The van der Waals surface area contributed by atoms with Gasteiger partial charge in [-0.3, -0.25) is 9.36 Å². The van der Waals surface area contributed by atoms with Gasteiger partial charge in [-0.1, -0.05) is 63.7 Å². The Hall–Kier alpha value is -4.35. The zero-order valence-electron chi connectivity index (χ0n) is 23.2. The van der Waals surface area contributed by atoms with Crippen molar-refractivity contribution in [2.75, 3.05) is 27.9 Å². The molecule has 0 radical (unpaired) electrons. The van der Waals surface area contributed by atoms with Gasteiger partial charge in [0.05, 0.1) is 49.8 Å². The highest BCUT2D eigenvalue weighted by atomic mass is 79.9. The summed E-state index contributed by atoms with van der Waals surface area (Å²) in [6.45, 7) is 1.86. The number of rotatable bonds is 8. The predicted molar refractivity (Wildman–Crippen MR) is 163 cm³/mol. The van der Waals surface area contributed by atoms with Gasteiger partial charge in [0.15, 0.2) is 27.8 Å². The molecule has 0 saturated carbocycles. The van der Waals surface area contributed by atoms with Gasteiger partial charge in [0, 0.05) is 15.6 Å².